The topological polar surface area (TPSA) is 28.2 Å². The number of para-hydroxylation sites is 2. The van der Waals surface area contributed by atoms with Crippen molar-refractivity contribution in [3.05, 3.63) is 152 Å². The van der Waals surface area contributed by atoms with E-state index in [1.165, 1.54) is 41.6 Å². The van der Waals surface area contributed by atoms with E-state index in [1.54, 1.807) is 0 Å². The van der Waals surface area contributed by atoms with Crippen molar-refractivity contribution in [2.45, 2.75) is 33.4 Å². The first-order valence-corrected chi connectivity index (χ1v) is 17.7. The molecular formula is C37H38Br2N2SiZr. The van der Waals surface area contributed by atoms with Crippen LogP contribution in [0.15, 0.2) is 130 Å². The normalized spacial score (nSPS) is 9.81. The third-order valence-electron chi connectivity index (χ3n) is 6.10. The molecule has 0 atom stereocenters. The number of benzene rings is 4. The summed E-state index contributed by atoms with van der Waals surface area (Å²) >= 11 is 7.02. The number of rotatable bonds is 6. The fourth-order valence-corrected chi connectivity index (χ4v) is 5.24. The maximum atomic E-state index is 4.48. The van der Waals surface area contributed by atoms with E-state index in [2.05, 4.69) is 130 Å². The molecule has 0 heterocycles. The van der Waals surface area contributed by atoms with Crippen molar-refractivity contribution in [2.75, 3.05) is 13.1 Å². The van der Waals surface area contributed by atoms with Crippen LogP contribution in [-0.2, 0) is 26.2 Å². The Kier molecular flexibility index (Phi) is 17.8. The summed E-state index contributed by atoms with van der Waals surface area (Å²) in [5.74, 6) is 0. The van der Waals surface area contributed by atoms with Gasteiger partial charge in [-0.15, -0.1) is 93.5 Å². The van der Waals surface area contributed by atoms with Gasteiger partial charge in [0.05, 0.1) is 0 Å². The Balaban J connectivity index is 0.000000219. The largest absolute Gasteiger partial charge is 4.00 e. The Labute approximate surface area is 296 Å². The molecule has 0 unspecified atom stereocenters. The Morgan fingerprint density at radius 3 is 1.30 bits per heavy atom. The van der Waals surface area contributed by atoms with Gasteiger partial charge >= 0.3 is 26.2 Å². The molecule has 0 aliphatic heterocycles. The van der Waals surface area contributed by atoms with Crippen LogP contribution in [0.4, 0.5) is 11.4 Å². The summed E-state index contributed by atoms with van der Waals surface area (Å²) in [6, 6.07) is 41.4. The van der Waals surface area contributed by atoms with Crippen molar-refractivity contribution in [3.63, 3.8) is 0 Å². The number of aryl methyl sites for hydroxylation is 2. The molecule has 0 aliphatic rings. The zero-order chi connectivity index (χ0) is 30.2. The molecule has 0 saturated carbocycles. The number of hydrogen-bond donors (Lipinski definition) is 0. The first-order chi connectivity index (χ1) is 20.4. The Morgan fingerprint density at radius 1 is 0.581 bits per heavy atom. The minimum Gasteiger partial charge on any atom is -0.684 e. The molecular weight excluding hydrogens is 752 g/mol. The van der Waals surface area contributed by atoms with E-state index in [0.29, 0.717) is 0 Å². The van der Waals surface area contributed by atoms with Crippen molar-refractivity contribution in [1.29, 1.82) is 0 Å². The molecule has 0 spiro atoms. The predicted molar refractivity (Wildman–Crippen MR) is 195 cm³/mol. The van der Waals surface area contributed by atoms with Crippen molar-refractivity contribution in [2.24, 2.45) is 0 Å². The fourth-order valence-electron chi connectivity index (χ4n) is 4.25. The molecule has 0 amide bonds. The first-order valence-electron chi connectivity index (χ1n) is 14.1. The van der Waals surface area contributed by atoms with Crippen LogP contribution in [0, 0.1) is 13.8 Å². The predicted octanol–water partition coefficient (Wildman–Crippen LogP) is 12.8. The second kappa shape index (κ2) is 20.7. The van der Waals surface area contributed by atoms with E-state index in [0.717, 1.165) is 40.4 Å². The zero-order valence-electron chi connectivity index (χ0n) is 25.3. The van der Waals surface area contributed by atoms with Gasteiger partial charge in [-0.05, 0) is 8.95 Å². The average Bonchev–Trinajstić information content (AvgIpc) is 3.58. The summed E-state index contributed by atoms with van der Waals surface area (Å²) in [5.41, 5.74) is 4.75. The van der Waals surface area contributed by atoms with Gasteiger partial charge in [0.15, 0.2) is 0 Å². The van der Waals surface area contributed by atoms with E-state index in [4.69, 9.17) is 0 Å². The quantitative estimate of drug-likeness (QED) is 0.0913. The zero-order valence-corrected chi connectivity index (χ0v) is 31.9. The molecule has 0 saturated heterocycles. The van der Waals surface area contributed by atoms with Gasteiger partial charge in [0.25, 0.3) is 0 Å². The maximum absolute atomic E-state index is 4.48. The number of hydrogen-bond acceptors (Lipinski definition) is 0. The summed E-state index contributed by atoms with van der Waals surface area (Å²) < 4.78 is 2.37. The maximum Gasteiger partial charge on any atom is 4.00 e. The van der Waals surface area contributed by atoms with Gasteiger partial charge in [0.1, 0.15) is 0 Å². The molecule has 0 N–H and O–H groups in total. The molecule has 0 fully saturated rings. The molecule has 6 heteroatoms. The van der Waals surface area contributed by atoms with Crippen LogP contribution in [0.25, 0.3) is 32.2 Å². The monoisotopic (exact) mass is 786 g/mol. The van der Waals surface area contributed by atoms with Crippen LogP contribution < -0.4 is 0 Å². The van der Waals surface area contributed by atoms with E-state index >= 15 is 0 Å². The Morgan fingerprint density at radius 2 is 0.953 bits per heavy atom. The van der Waals surface area contributed by atoms with E-state index in [-0.39, 0.29) is 26.2 Å². The van der Waals surface area contributed by atoms with Crippen LogP contribution in [0.1, 0.15) is 17.5 Å². The SMILES string of the molecule is C[Si]C.Cc1cc2c(Br)cccc2[cH-]1.Cc1cc2c(Br)cccc2[cH-]1.[Zr+4].c1ccc([N-]CCC[N-]c2ccccc2)cc1. The summed E-state index contributed by atoms with van der Waals surface area (Å²) in [6.45, 7) is 10.2. The summed E-state index contributed by atoms with van der Waals surface area (Å²) in [5, 5.41) is 14.2. The average molecular weight is 790 g/mol. The molecule has 2 nitrogen and oxygen atoms in total. The molecule has 0 bridgehead atoms. The summed E-state index contributed by atoms with van der Waals surface area (Å²) in [6.07, 6.45) is 0.990. The molecule has 218 valence electrons. The number of nitrogens with zero attached hydrogens (tertiary/aromatic N) is 2. The van der Waals surface area contributed by atoms with Gasteiger partial charge in [-0.2, -0.15) is 12.1 Å². The second-order valence-electron chi connectivity index (χ2n) is 9.84. The first kappa shape index (κ1) is 36.9. The summed E-state index contributed by atoms with van der Waals surface area (Å²) in [4.78, 5) is 0. The van der Waals surface area contributed by atoms with Crippen LogP contribution >= 0.6 is 31.9 Å². The molecule has 6 aromatic carbocycles. The van der Waals surface area contributed by atoms with Gasteiger partial charge in [-0.25, -0.2) is 0 Å². The smallest absolute Gasteiger partial charge is 0.684 e. The van der Waals surface area contributed by atoms with Gasteiger partial charge in [-0.3, -0.25) is 0 Å². The third-order valence-corrected chi connectivity index (χ3v) is 7.48. The van der Waals surface area contributed by atoms with E-state index in [1.807, 2.05) is 60.7 Å². The van der Waals surface area contributed by atoms with Crippen molar-refractivity contribution in [3.8, 4) is 0 Å². The Bertz CT molecular complexity index is 1480. The molecule has 0 aromatic heterocycles. The second-order valence-corrected chi connectivity index (χ2v) is 12.5. The van der Waals surface area contributed by atoms with Gasteiger partial charge in [-0.1, -0.05) is 138 Å². The van der Waals surface area contributed by atoms with Crippen LogP contribution in [0.2, 0.25) is 13.1 Å². The van der Waals surface area contributed by atoms with Crippen molar-refractivity contribution >= 4 is 74.3 Å². The molecule has 43 heavy (non-hydrogen) atoms. The van der Waals surface area contributed by atoms with Crippen molar-refractivity contribution in [1.82, 2.24) is 0 Å². The van der Waals surface area contributed by atoms with Crippen LogP contribution in [-0.4, -0.2) is 22.6 Å². The molecule has 0 aliphatic carbocycles. The van der Waals surface area contributed by atoms with E-state index < -0.39 is 0 Å². The molecule has 2 radical (unpaired) electrons. The molecule has 6 aromatic rings. The third kappa shape index (κ3) is 13.1. The summed E-state index contributed by atoms with van der Waals surface area (Å²) in [7, 11) is 1.08. The van der Waals surface area contributed by atoms with Crippen LogP contribution in [0.3, 0.4) is 0 Å². The van der Waals surface area contributed by atoms with Crippen molar-refractivity contribution < 1.29 is 26.2 Å². The fraction of sp³-hybridized carbons (Fsp3) is 0.189. The number of halogens is 2. The Hall–Kier alpha value is -2.24. The minimum atomic E-state index is 0. The standard InChI is InChI=1S/C15H16N2.2C10H8Br.C2H6Si.Zr/c1-3-8-14(9-4-1)16-12-7-13-17-15-10-5-2-6-11-15;2*1-7-5-8-3-2-4-10(11)9(8)6-7;1-3-2;/h1-6,8-11H,7,12-13H2;2*2-6H,1H3;1-2H3;/q-2;2*-1;;+4. The van der Waals surface area contributed by atoms with Gasteiger partial charge in [0, 0.05) is 9.52 Å². The minimum absolute atomic E-state index is 0. The van der Waals surface area contributed by atoms with Crippen LogP contribution in [0.5, 0.6) is 0 Å². The van der Waals surface area contributed by atoms with Gasteiger partial charge < -0.3 is 10.6 Å². The van der Waals surface area contributed by atoms with E-state index in [9.17, 15) is 0 Å². The molecule has 6 rings (SSSR count). The van der Waals surface area contributed by atoms with Gasteiger partial charge in [0.2, 0.25) is 0 Å². The number of fused-ring (bicyclic) bond motifs is 2.